The number of aryl methyl sites for hydroxylation is 2. The summed E-state index contributed by atoms with van der Waals surface area (Å²) in [6, 6.07) is 16.3. The van der Waals surface area contributed by atoms with Crippen molar-refractivity contribution in [3.05, 3.63) is 67.3 Å². The molecule has 4 aromatic rings. The van der Waals surface area contributed by atoms with Gasteiger partial charge in [-0.2, -0.15) is 0 Å². The highest BCUT2D eigenvalue weighted by molar-refractivity contribution is 5.81. The lowest BCUT2D eigenvalue weighted by molar-refractivity contribution is 0.304. The van der Waals surface area contributed by atoms with Crippen LogP contribution in [0.25, 0.3) is 22.4 Å². The molecule has 132 valence electrons. The van der Waals surface area contributed by atoms with Gasteiger partial charge < -0.3 is 13.9 Å². The minimum Gasteiger partial charge on any atom is -0.493 e. The summed E-state index contributed by atoms with van der Waals surface area (Å²) in [6.45, 7) is 1.66. The second-order valence-corrected chi connectivity index (χ2v) is 6.34. The minimum absolute atomic E-state index is 0.690. The first-order valence-corrected chi connectivity index (χ1v) is 8.92. The summed E-state index contributed by atoms with van der Waals surface area (Å²) in [6.07, 6.45) is 7.70. The van der Waals surface area contributed by atoms with E-state index in [9.17, 15) is 0 Å². The van der Waals surface area contributed by atoms with Crippen LogP contribution >= 0.6 is 0 Å². The predicted molar refractivity (Wildman–Crippen MR) is 103 cm³/mol. The van der Waals surface area contributed by atoms with E-state index in [2.05, 4.69) is 26.3 Å². The van der Waals surface area contributed by atoms with Gasteiger partial charge in [0.15, 0.2) is 0 Å². The maximum atomic E-state index is 6.08. The first kappa shape index (κ1) is 16.4. The van der Waals surface area contributed by atoms with E-state index in [1.54, 1.807) is 0 Å². The average molecular weight is 346 g/mol. The fraction of sp³-hybridized carbons (Fsp3) is 0.238. The number of unbranched alkanes of at least 4 members (excludes halogenated alkanes) is 1. The molecule has 2 heterocycles. The van der Waals surface area contributed by atoms with Crippen LogP contribution < -0.4 is 4.74 Å². The molecule has 0 saturated carbocycles. The van der Waals surface area contributed by atoms with Crippen molar-refractivity contribution in [1.82, 2.24) is 19.1 Å². The highest BCUT2D eigenvalue weighted by Gasteiger charge is 2.13. The average Bonchev–Trinajstić information content (AvgIpc) is 3.30. The SMILES string of the molecule is Cn1c(-c2ccccc2OCCCCn2ccnc2)nc2ccccc21. The van der Waals surface area contributed by atoms with Crippen molar-refractivity contribution in [2.24, 2.45) is 7.05 Å². The number of imidazole rings is 2. The molecule has 5 nitrogen and oxygen atoms in total. The lowest BCUT2D eigenvalue weighted by atomic mass is 10.2. The van der Waals surface area contributed by atoms with Crippen molar-refractivity contribution in [2.45, 2.75) is 19.4 Å². The van der Waals surface area contributed by atoms with Gasteiger partial charge in [0, 0.05) is 26.0 Å². The van der Waals surface area contributed by atoms with Crippen LogP contribution in [0.2, 0.25) is 0 Å². The Kier molecular flexibility index (Phi) is 4.69. The molecule has 0 atom stereocenters. The van der Waals surface area contributed by atoms with E-state index in [1.165, 1.54) is 0 Å². The fourth-order valence-electron chi connectivity index (χ4n) is 3.16. The monoisotopic (exact) mass is 346 g/mol. The summed E-state index contributed by atoms with van der Waals surface area (Å²) in [4.78, 5) is 8.86. The molecule has 0 fully saturated rings. The van der Waals surface area contributed by atoms with Crippen LogP contribution in [0.1, 0.15) is 12.8 Å². The van der Waals surface area contributed by atoms with Crippen LogP contribution in [0, 0.1) is 0 Å². The Morgan fingerprint density at radius 3 is 2.69 bits per heavy atom. The number of aromatic nitrogens is 4. The van der Waals surface area contributed by atoms with Crippen LogP contribution in [0.5, 0.6) is 5.75 Å². The molecule has 0 N–H and O–H groups in total. The maximum Gasteiger partial charge on any atom is 0.144 e. The van der Waals surface area contributed by atoms with E-state index in [0.717, 1.165) is 47.6 Å². The zero-order valence-electron chi connectivity index (χ0n) is 14.9. The Morgan fingerprint density at radius 1 is 1.00 bits per heavy atom. The van der Waals surface area contributed by atoms with E-state index < -0.39 is 0 Å². The number of para-hydroxylation sites is 3. The van der Waals surface area contributed by atoms with Gasteiger partial charge >= 0.3 is 0 Å². The smallest absolute Gasteiger partial charge is 0.144 e. The minimum atomic E-state index is 0.690. The Labute approximate surface area is 152 Å². The van der Waals surface area contributed by atoms with Gasteiger partial charge in [-0.05, 0) is 37.1 Å². The van der Waals surface area contributed by atoms with Crippen molar-refractivity contribution in [1.29, 1.82) is 0 Å². The van der Waals surface area contributed by atoms with Gasteiger partial charge in [-0.1, -0.05) is 24.3 Å². The van der Waals surface area contributed by atoms with Gasteiger partial charge in [0.1, 0.15) is 11.6 Å². The molecule has 2 aromatic heterocycles. The molecule has 2 aromatic carbocycles. The molecular weight excluding hydrogens is 324 g/mol. The first-order valence-electron chi connectivity index (χ1n) is 8.92. The summed E-state index contributed by atoms with van der Waals surface area (Å²) < 4.78 is 10.3. The molecule has 0 spiro atoms. The molecule has 0 bridgehead atoms. The standard InChI is InChI=1S/C21H22N4O/c1-24-19-10-4-3-9-18(19)23-21(24)17-8-2-5-11-20(17)26-15-7-6-13-25-14-12-22-16-25/h2-5,8-12,14,16H,6-7,13,15H2,1H3. The van der Waals surface area contributed by atoms with E-state index in [1.807, 2.05) is 62.2 Å². The number of benzene rings is 2. The molecule has 0 radical (unpaired) electrons. The van der Waals surface area contributed by atoms with Crippen LogP contribution in [0.3, 0.4) is 0 Å². The summed E-state index contributed by atoms with van der Waals surface area (Å²) in [5, 5.41) is 0. The van der Waals surface area contributed by atoms with Gasteiger partial charge in [-0.15, -0.1) is 0 Å². The van der Waals surface area contributed by atoms with Crippen molar-refractivity contribution in [3.63, 3.8) is 0 Å². The van der Waals surface area contributed by atoms with E-state index in [4.69, 9.17) is 9.72 Å². The maximum absolute atomic E-state index is 6.08. The lowest BCUT2D eigenvalue weighted by Crippen LogP contribution is -2.03. The molecule has 0 unspecified atom stereocenters. The highest BCUT2D eigenvalue weighted by Crippen LogP contribution is 2.31. The van der Waals surface area contributed by atoms with Crippen molar-refractivity contribution < 1.29 is 4.74 Å². The number of hydrogen-bond acceptors (Lipinski definition) is 3. The van der Waals surface area contributed by atoms with Crippen LogP contribution in [-0.2, 0) is 13.6 Å². The number of fused-ring (bicyclic) bond motifs is 1. The molecule has 0 aliphatic heterocycles. The van der Waals surface area contributed by atoms with Crippen LogP contribution in [-0.4, -0.2) is 25.7 Å². The number of nitrogens with zero attached hydrogens (tertiary/aromatic N) is 4. The lowest BCUT2D eigenvalue weighted by Gasteiger charge is -2.11. The summed E-state index contributed by atoms with van der Waals surface area (Å²) >= 11 is 0. The predicted octanol–water partition coefficient (Wildman–Crippen LogP) is 4.30. The number of hydrogen-bond donors (Lipinski definition) is 0. The van der Waals surface area contributed by atoms with Gasteiger partial charge in [-0.3, -0.25) is 0 Å². The zero-order valence-corrected chi connectivity index (χ0v) is 14.9. The van der Waals surface area contributed by atoms with Gasteiger partial charge in [0.25, 0.3) is 0 Å². The largest absolute Gasteiger partial charge is 0.493 e. The Balaban J connectivity index is 1.47. The molecule has 4 rings (SSSR count). The molecule has 0 aliphatic carbocycles. The van der Waals surface area contributed by atoms with E-state index in [0.29, 0.717) is 6.61 Å². The van der Waals surface area contributed by atoms with Gasteiger partial charge in [-0.25, -0.2) is 9.97 Å². The second-order valence-electron chi connectivity index (χ2n) is 6.34. The third-order valence-corrected chi connectivity index (χ3v) is 4.54. The Hall–Kier alpha value is -3.08. The zero-order chi connectivity index (χ0) is 17.8. The van der Waals surface area contributed by atoms with Crippen molar-refractivity contribution >= 4 is 11.0 Å². The van der Waals surface area contributed by atoms with Gasteiger partial charge in [0.05, 0.1) is 29.5 Å². The number of rotatable bonds is 7. The summed E-state index contributed by atoms with van der Waals surface area (Å²) in [5.41, 5.74) is 3.15. The second kappa shape index (κ2) is 7.44. The van der Waals surface area contributed by atoms with Gasteiger partial charge in [0.2, 0.25) is 0 Å². The quantitative estimate of drug-likeness (QED) is 0.469. The fourth-order valence-corrected chi connectivity index (χ4v) is 3.16. The normalized spacial score (nSPS) is 11.1. The third kappa shape index (κ3) is 3.33. The molecule has 0 aliphatic rings. The first-order chi connectivity index (χ1) is 12.8. The molecular formula is C21H22N4O. The van der Waals surface area contributed by atoms with E-state index >= 15 is 0 Å². The van der Waals surface area contributed by atoms with Crippen molar-refractivity contribution in [2.75, 3.05) is 6.61 Å². The summed E-state index contributed by atoms with van der Waals surface area (Å²) in [5.74, 6) is 1.81. The Bertz CT molecular complexity index is 988. The molecule has 5 heteroatoms. The van der Waals surface area contributed by atoms with Crippen molar-refractivity contribution in [3.8, 4) is 17.1 Å². The summed E-state index contributed by atoms with van der Waals surface area (Å²) in [7, 11) is 2.05. The topological polar surface area (TPSA) is 44.9 Å². The highest BCUT2D eigenvalue weighted by atomic mass is 16.5. The van der Waals surface area contributed by atoms with E-state index in [-0.39, 0.29) is 0 Å². The molecule has 0 saturated heterocycles. The molecule has 26 heavy (non-hydrogen) atoms. The Morgan fingerprint density at radius 2 is 1.85 bits per heavy atom. The number of ether oxygens (including phenoxy) is 1. The van der Waals surface area contributed by atoms with Crippen LogP contribution in [0.15, 0.2) is 67.3 Å². The third-order valence-electron chi connectivity index (χ3n) is 4.54. The van der Waals surface area contributed by atoms with Crippen LogP contribution in [0.4, 0.5) is 0 Å². The molecule has 0 amide bonds.